The quantitative estimate of drug-likeness (QED) is 0.104. The van der Waals surface area contributed by atoms with E-state index < -0.39 is 12.1 Å². The van der Waals surface area contributed by atoms with Gasteiger partial charge >= 0.3 is 0 Å². The topological polar surface area (TPSA) is 183 Å². The predicted molar refractivity (Wildman–Crippen MR) is 147 cm³/mol. The summed E-state index contributed by atoms with van der Waals surface area (Å²) in [5, 5.41) is 5.75. The standard InChI is InChI=1S/C26H55N7O3/c1-2-3-4-5-6-15-24(34)33(20-11-18-31-25(35)22(29)13-7-9-16-27)21-12-19-32-26(36)23(30)14-8-10-17-28/h22-23H,2-21,27-30H2,1H3,(H,31,35)(H,32,36)/t22-,23-/m0/s1. The van der Waals surface area contributed by atoms with Gasteiger partial charge in [0.1, 0.15) is 0 Å². The van der Waals surface area contributed by atoms with Crippen molar-refractivity contribution in [1.82, 2.24) is 15.5 Å². The van der Waals surface area contributed by atoms with E-state index >= 15 is 0 Å². The van der Waals surface area contributed by atoms with Crippen molar-refractivity contribution in [3.8, 4) is 0 Å². The smallest absolute Gasteiger partial charge is 0.236 e. The van der Waals surface area contributed by atoms with Crippen LogP contribution >= 0.6 is 0 Å². The normalized spacial score (nSPS) is 12.7. The summed E-state index contributed by atoms with van der Waals surface area (Å²) in [6.07, 6.45) is 11.9. The summed E-state index contributed by atoms with van der Waals surface area (Å²) in [7, 11) is 0. The molecule has 0 aliphatic rings. The fraction of sp³-hybridized carbons (Fsp3) is 0.885. The first-order valence-electron chi connectivity index (χ1n) is 14.1. The van der Waals surface area contributed by atoms with E-state index in [9.17, 15) is 14.4 Å². The Kier molecular flexibility index (Phi) is 22.5. The molecular weight excluding hydrogens is 458 g/mol. The van der Waals surface area contributed by atoms with E-state index in [1.165, 1.54) is 12.8 Å². The lowest BCUT2D eigenvalue weighted by Crippen LogP contribution is -2.43. The number of nitrogens with zero attached hydrogens (tertiary/aromatic N) is 1. The van der Waals surface area contributed by atoms with Gasteiger partial charge in [0, 0.05) is 32.6 Å². The summed E-state index contributed by atoms with van der Waals surface area (Å²) < 4.78 is 0. The third-order valence-corrected chi connectivity index (χ3v) is 6.27. The van der Waals surface area contributed by atoms with Gasteiger partial charge in [0.05, 0.1) is 12.1 Å². The summed E-state index contributed by atoms with van der Waals surface area (Å²) in [6.45, 7) is 5.43. The molecule has 0 saturated heterocycles. The van der Waals surface area contributed by atoms with E-state index in [0.717, 1.165) is 44.9 Å². The number of hydrogen-bond donors (Lipinski definition) is 6. The van der Waals surface area contributed by atoms with Crippen molar-refractivity contribution in [1.29, 1.82) is 0 Å². The number of carbonyl (C=O) groups is 3. The first-order valence-corrected chi connectivity index (χ1v) is 14.1. The van der Waals surface area contributed by atoms with Crippen LogP contribution in [0.25, 0.3) is 0 Å². The molecule has 0 unspecified atom stereocenters. The highest BCUT2D eigenvalue weighted by molar-refractivity contribution is 5.81. The number of carbonyl (C=O) groups excluding carboxylic acids is 3. The average molecular weight is 514 g/mol. The summed E-state index contributed by atoms with van der Waals surface area (Å²) >= 11 is 0. The lowest BCUT2D eigenvalue weighted by Gasteiger charge is -2.23. The van der Waals surface area contributed by atoms with Gasteiger partial charge in [-0.15, -0.1) is 0 Å². The molecule has 10 heteroatoms. The van der Waals surface area contributed by atoms with Crippen LogP contribution in [0.4, 0.5) is 0 Å². The highest BCUT2D eigenvalue weighted by atomic mass is 16.2. The van der Waals surface area contributed by atoms with Gasteiger partial charge in [-0.1, -0.05) is 45.4 Å². The molecule has 0 aromatic carbocycles. The van der Waals surface area contributed by atoms with Crippen LogP contribution in [0.1, 0.15) is 96.8 Å². The van der Waals surface area contributed by atoms with Crippen molar-refractivity contribution >= 4 is 17.7 Å². The fourth-order valence-electron chi connectivity index (χ4n) is 3.90. The van der Waals surface area contributed by atoms with Crippen LogP contribution < -0.4 is 33.6 Å². The highest BCUT2D eigenvalue weighted by Gasteiger charge is 2.16. The molecular formula is C26H55N7O3. The molecule has 0 aliphatic carbocycles. The number of rotatable bonds is 24. The fourth-order valence-corrected chi connectivity index (χ4v) is 3.90. The van der Waals surface area contributed by atoms with Crippen molar-refractivity contribution in [2.45, 2.75) is 109 Å². The van der Waals surface area contributed by atoms with E-state index in [2.05, 4.69) is 17.6 Å². The highest BCUT2D eigenvalue weighted by Crippen LogP contribution is 2.08. The Labute approximate surface area is 219 Å². The number of amides is 3. The number of nitrogens with one attached hydrogen (secondary N) is 2. The molecule has 0 aromatic rings. The Morgan fingerprint density at radius 1 is 0.667 bits per heavy atom. The summed E-state index contributed by atoms with van der Waals surface area (Å²) in [5.41, 5.74) is 22.8. The van der Waals surface area contributed by atoms with E-state index in [1.54, 1.807) is 0 Å². The van der Waals surface area contributed by atoms with E-state index in [-0.39, 0.29) is 17.7 Å². The molecule has 0 spiro atoms. The van der Waals surface area contributed by atoms with Crippen molar-refractivity contribution in [3.05, 3.63) is 0 Å². The first-order chi connectivity index (χ1) is 17.4. The van der Waals surface area contributed by atoms with Crippen LogP contribution in [0.3, 0.4) is 0 Å². The monoisotopic (exact) mass is 513 g/mol. The molecule has 0 radical (unpaired) electrons. The predicted octanol–water partition coefficient (Wildman–Crippen LogP) is 1.10. The van der Waals surface area contributed by atoms with Crippen molar-refractivity contribution in [2.24, 2.45) is 22.9 Å². The van der Waals surface area contributed by atoms with Crippen molar-refractivity contribution in [3.63, 3.8) is 0 Å². The Balaban J connectivity index is 4.47. The van der Waals surface area contributed by atoms with E-state index in [1.807, 2.05) is 4.90 Å². The lowest BCUT2D eigenvalue weighted by atomic mass is 10.1. The Morgan fingerprint density at radius 3 is 1.58 bits per heavy atom. The number of unbranched alkanes of at least 4 members (excludes halogenated alkanes) is 6. The van der Waals surface area contributed by atoms with Crippen molar-refractivity contribution in [2.75, 3.05) is 39.3 Å². The Hall–Kier alpha value is -1.75. The molecule has 2 atom stereocenters. The van der Waals surface area contributed by atoms with Crippen LogP contribution in [0.15, 0.2) is 0 Å². The maximum absolute atomic E-state index is 12.8. The largest absolute Gasteiger partial charge is 0.355 e. The zero-order valence-corrected chi connectivity index (χ0v) is 22.8. The number of nitrogens with two attached hydrogens (primary N) is 4. The van der Waals surface area contributed by atoms with Gasteiger partial charge < -0.3 is 38.5 Å². The average Bonchev–Trinajstić information content (AvgIpc) is 2.87. The molecule has 0 rings (SSSR count). The van der Waals surface area contributed by atoms with E-state index in [4.69, 9.17) is 22.9 Å². The minimum atomic E-state index is -0.525. The lowest BCUT2D eigenvalue weighted by molar-refractivity contribution is -0.131. The third kappa shape index (κ3) is 18.5. The maximum atomic E-state index is 12.8. The van der Waals surface area contributed by atoms with Gasteiger partial charge in [0.15, 0.2) is 0 Å². The van der Waals surface area contributed by atoms with Gasteiger partial charge in [-0.3, -0.25) is 14.4 Å². The van der Waals surface area contributed by atoms with Crippen LogP contribution in [0.2, 0.25) is 0 Å². The van der Waals surface area contributed by atoms with Crippen LogP contribution in [0, 0.1) is 0 Å². The first kappa shape index (κ1) is 34.2. The van der Waals surface area contributed by atoms with Gasteiger partial charge in [-0.2, -0.15) is 0 Å². The minimum Gasteiger partial charge on any atom is -0.355 e. The second-order valence-corrected chi connectivity index (χ2v) is 9.62. The molecule has 0 saturated carbocycles. The maximum Gasteiger partial charge on any atom is 0.236 e. The van der Waals surface area contributed by atoms with Crippen molar-refractivity contribution < 1.29 is 14.4 Å². The van der Waals surface area contributed by atoms with E-state index in [0.29, 0.717) is 71.4 Å². The van der Waals surface area contributed by atoms with Gasteiger partial charge in [0.25, 0.3) is 0 Å². The van der Waals surface area contributed by atoms with Gasteiger partial charge in [-0.05, 0) is 58.0 Å². The molecule has 0 aromatic heterocycles. The zero-order valence-electron chi connectivity index (χ0n) is 22.8. The van der Waals surface area contributed by atoms with Gasteiger partial charge in [0.2, 0.25) is 17.7 Å². The second kappa shape index (κ2) is 23.6. The molecule has 0 bridgehead atoms. The molecule has 0 heterocycles. The molecule has 36 heavy (non-hydrogen) atoms. The molecule has 0 aliphatic heterocycles. The SMILES string of the molecule is CCCCCCCC(=O)N(CCCNC(=O)[C@@H](N)CCCCN)CCCNC(=O)[C@@H](N)CCCCN. The molecule has 10 nitrogen and oxygen atoms in total. The zero-order chi connectivity index (χ0) is 27.0. The Bertz CT molecular complexity index is 542. The molecule has 212 valence electrons. The summed E-state index contributed by atoms with van der Waals surface area (Å²) in [5.74, 6) is -0.196. The summed E-state index contributed by atoms with van der Waals surface area (Å²) in [6, 6.07) is -1.05. The number of hydrogen-bond acceptors (Lipinski definition) is 7. The third-order valence-electron chi connectivity index (χ3n) is 6.27. The summed E-state index contributed by atoms with van der Waals surface area (Å²) in [4.78, 5) is 39.0. The van der Waals surface area contributed by atoms with Crippen LogP contribution in [-0.2, 0) is 14.4 Å². The van der Waals surface area contributed by atoms with Crippen LogP contribution in [0.5, 0.6) is 0 Å². The molecule has 3 amide bonds. The minimum absolute atomic E-state index is 0.126. The van der Waals surface area contributed by atoms with Gasteiger partial charge in [-0.25, -0.2) is 0 Å². The molecule has 10 N–H and O–H groups in total. The Morgan fingerprint density at radius 2 is 1.14 bits per heavy atom. The van der Waals surface area contributed by atoms with Crippen LogP contribution in [-0.4, -0.2) is 74.0 Å². The molecule has 0 fully saturated rings. The second-order valence-electron chi connectivity index (χ2n) is 9.62.